The van der Waals surface area contributed by atoms with Crippen LogP contribution in [0.3, 0.4) is 0 Å². The number of nitrogens with zero attached hydrogens (tertiary/aromatic N) is 2. The molecule has 2 aromatic rings. The maximum Gasteiger partial charge on any atom is 0.472 e. The van der Waals surface area contributed by atoms with Crippen molar-refractivity contribution in [2.45, 2.75) is 247 Å². The molecule has 2 aromatic heterocycles. The van der Waals surface area contributed by atoms with Crippen molar-refractivity contribution < 1.29 is 47.1 Å². The fourth-order valence-electron chi connectivity index (χ4n) is 11.5. The van der Waals surface area contributed by atoms with Gasteiger partial charge in [0.2, 0.25) is 0 Å². The number of hydrogen-bond acceptors (Lipinski definition) is 11. The minimum Gasteiger partial charge on any atom is -0.462 e. The van der Waals surface area contributed by atoms with Gasteiger partial charge in [-0.1, -0.05) is 144 Å². The Kier molecular flexibility index (Phi) is 25.3. The van der Waals surface area contributed by atoms with Gasteiger partial charge >= 0.3 is 19.8 Å². The van der Waals surface area contributed by atoms with Crippen molar-refractivity contribution in [2.24, 2.45) is 0 Å². The molecular weight excluding hydrogens is 1000 g/mol. The van der Waals surface area contributed by atoms with Crippen LogP contribution in [0.25, 0.3) is 33.3 Å². The van der Waals surface area contributed by atoms with Crippen LogP contribution in [0.5, 0.6) is 0 Å². The average molecular weight is 1100 g/mol. The molecule has 3 N–H and O–H groups in total. The van der Waals surface area contributed by atoms with Crippen LogP contribution in [0.1, 0.15) is 266 Å². The molecule has 0 radical (unpaired) electrons. The van der Waals surface area contributed by atoms with Crippen LogP contribution in [0.2, 0.25) is 0 Å². The number of Topliss-reactive ketones (excluding diaryl/α,β-unsaturated/α-hetero) is 1. The largest absolute Gasteiger partial charge is 0.472 e. The third-order valence-corrected chi connectivity index (χ3v) is 17.2. The third-order valence-electron chi connectivity index (χ3n) is 16.2. The van der Waals surface area contributed by atoms with Gasteiger partial charge < -0.3 is 29.1 Å². The Morgan fingerprint density at radius 1 is 0.705 bits per heavy atom. The fraction of sp³-hybridized carbons (Fsp3) is 0.667. The molecule has 78 heavy (non-hydrogen) atoms. The standard InChI is InChI=1S/C63H95N4O10P/c1-10-14-16-18-20-21-22-23-24-25-26-27-29-31-58(69)74-40-47(41-76-78(71,72)75-34-12-3)77-59(70)33-32-49-43(6)52-37-53-44(7)60(46(9)73-35-30-28-19-17-15-11-2)56(65-53)39-51-42(5)48(13-4)55(64-51)38-54-45(8)61-57(68)36-50(62(49)66-52)63(61)67-54/h37-39,43,46-47,49,64,66H,10-36,40-41H2,1-9H3,(H,71,72). The SMILES string of the molecule is CCCCCCCCCCCCCCCC(=O)OCC(COP(=O)(O)OCCC)OC(=O)CCC1c2[nH]c(cc3nc(cc4[nH]c(cc5nc6c2CC(=O)C6=C5C)c(CC)c4C)C(C(C)OCCCCCCCC)=C3C)C1C. The number of phosphoric acid groups is 1. The van der Waals surface area contributed by atoms with Crippen molar-refractivity contribution in [2.75, 3.05) is 26.4 Å². The van der Waals surface area contributed by atoms with Crippen LogP contribution in [-0.2, 0) is 55.0 Å². The highest BCUT2D eigenvalue weighted by molar-refractivity contribution is 7.47. The van der Waals surface area contributed by atoms with Gasteiger partial charge in [0.1, 0.15) is 6.61 Å². The number of unbranched alkanes of at least 4 members (excludes halogenated alkanes) is 17. The number of ketones is 1. The molecule has 3 aliphatic heterocycles. The number of phosphoric ester groups is 1. The molecule has 4 aliphatic rings. The molecule has 14 nitrogen and oxygen atoms in total. The Balaban J connectivity index is 1.21. The van der Waals surface area contributed by atoms with E-state index in [0.717, 1.165) is 106 Å². The molecule has 6 rings (SSSR count). The molecule has 0 spiro atoms. The molecule has 1 aliphatic carbocycles. The number of ether oxygens (including phenoxy) is 3. The smallest absolute Gasteiger partial charge is 0.462 e. The molecule has 15 heteroatoms. The first-order valence-corrected chi connectivity index (χ1v) is 31.7. The van der Waals surface area contributed by atoms with Gasteiger partial charge in [-0.2, -0.15) is 0 Å². The summed E-state index contributed by atoms with van der Waals surface area (Å²) in [5, 5.41) is 0. The minimum absolute atomic E-state index is 0.00280. The van der Waals surface area contributed by atoms with E-state index in [4.69, 9.17) is 33.2 Å². The van der Waals surface area contributed by atoms with Crippen LogP contribution in [0, 0.1) is 6.92 Å². The van der Waals surface area contributed by atoms with E-state index in [1.54, 1.807) is 6.92 Å². The quantitative estimate of drug-likeness (QED) is 0.0333. The van der Waals surface area contributed by atoms with Crippen LogP contribution < -0.4 is 0 Å². The van der Waals surface area contributed by atoms with Gasteiger partial charge in [-0.25, -0.2) is 14.5 Å². The van der Waals surface area contributed by atoms with Crippen LogP contribution in [0.4, 0.5) is 0 Å². The van der Waals surface area contributed by atoms with Gasteiger partial charge in [-0.3, -0.25) is 23.4 Å². The van der Waals surface area contributed by atoms with Gasteiger partial charge in [-0.15, -0.1) is 0 Å². The van der Waals surface area contributed by atoms with E-state index in [9.17, 15) is 23.8 Å². The number of hydrogen-bond donors (Lipinski definition) is 3. The van der Waals surface area contributed by atoms with Crippen molar-refractivity contribution in [3.63, 3.8) is 0 Å². The van der Waals surface area contributed by atoms with Gasteiger partial charge in [-0.05, 0) is 100 Å². The maximum absolute atomic E-state index is 14.1. The first-order valence-electron chi connectivity index (χ1n) is 30.2. The molecule has 0 aromatic carbocycles. The summed E-state index contributed by atoms with van der Waals surface area (Å²) >= 11 is 0. The van der Waals surface area contributed by atoms with Gasteiger partial charge in [0.25, 0.3) is 0 Å². The van der Waals surface area contributed by atoms with Crippen LogP contribution >= 0.6 is 7.82 Å². The highest BCUT2D eigenvalue weighted by Crippen LogP contribution is 2.47. The lowest BCUT2D eigenvalue weighted by atomic mass is 9.85. The predicted octanol–water partition coefficient (Wildman–Crippen LogP) is 15.8. The summed E-state index contributed by atoms with van der Waals surface area (Å²) in [6, 6.07) is 6.31. The Bertz CT molecular complexity index is 2670. The van der Waals surface area contributed by atoms with Crippen LogP contribution in [0.15, 0.2) is 18.2 Å². The molecule has 5 atom stereocenters. The van der Waals surface area contributed by atoms with E-state index in [-0.39, 0.29) is 56.2 Å². The Morgan fingerprint density at radius 2 is 1.32 bits per heavy atom. The Hall–Kier alpha value is -4.46. The molecule has 0 amide bonds. The summed E-state index contributed by atoms with van der Waals surface area (Å²) in [4.78, 5) is 69.4. The van der Waals surface area contributed by atoms with E-state index >= 15 is 0 Å². The topological polar surface area (TPSA) is 192 Å². The van der Waals surface area contributed by atoms with Crippen molar-refractivity contribution in [3.8, 4) is 0 Å². The minimum atomic E-state index is -4.48. The zero-order valence-corrected chi connectivity index (χ0v) is 49.9. The van der Waals surface area contributed by atoms with E-state index in [2.05, 4.69) is 76.6 Å². The van der Waals surface area contributed by atoms with Crippen molar-refractivity contribution in [3.05, 3.63) is 69.1 Å². The number of aryl methyl sites for hydroxylation is 2. The molecule has 0 fully saturated rings. The number of rotatable bonds is 36. The van der Waals surface area contributed by atoms with Crippen molar-refractivity contribution in [1.29, 1.82) is 0 Å². The molecule has 8 bridgehead atoms. The molecule has 5 unspecified atom stereocenters. The Labute approximate surface area is 466 Å². The molecular formula is C63H95N4O10P. The number of esters is 2. The number of aromatic amines is 2. The second kappa shape index (κ2) is 31.5. The van der Waals surface area contributed by atoms with E-state index in [1.807, 2.05) is 6.92 Å². The lowest BCUT2D eigenvalue weighted by molar-refractivity contribution is -0.161. The summed E-state index contributed by atoms with van der Waals surface area (Å²) in [5.74, 6) is -1.42. The second-order valence-corrected chi connectivity index (χ2v) is 23.7. The molecule has 432 valence electrons. The van der Waals surface area contributed by atoms with E-state index in [0.29, 0.717) is 37.1 Å². The summed E-state index contributed by atoms with van der Waals surface area (Å²) in [6.45, 7) is 18.7. The fourth-order valence-corrected chi connectivity index (χ4v) is 12.4. The van der Waals surface area contributed by atoms with Gasteiger partial charge in [0.15, 0.2) is 11.9 Å². The summed E-state index contributed by atoms with van der Waals surface area (Å²) in [7, 11) is -4.48. The highest BCUT2D eigenvalue weighted by Gasteiger charge is 2.39. The Morgan fingerprint density at radius 3 is 1.96 bits per heavy atom. The zero-order chi connectivity index (χ0) is 56.2. The number of nitrogens with one attached hydrogen (secondary N) is 2. The van der Waals surface area contributed by atoms with Gasteiger partial charge in [0, 0.05) is 76.8 Å². The van der Waals surface area contributed by atoms with E-state index in [1.165, 1.54) is 89.0 Å². The number of fused-ring (bicyclic) bond motifs is 8. The summed E-state index contributed by atoms with van der Waals surface area (Å²) < 4.78 is 41.2. The molecule has 0 saturated heterocycles. The van der Waals surface area contributed by atoms with Gasteiger partial charge in [0.05, 0.1) is 42.1 Å². The monoisotopic (exact) mass is 1100 g/mol. The maximum atomic E-state index is 14.1. The molecule has 0 saturated carbocycles. The molecule has 5 heterocycles. The first-order chi connectivity index (χ1) is 37.6. The lowest BCUT2D eigenvalue weighted by Gasteiger charge is -2.21. The predicted molar refractivity (Wildman–Crippen MR) is 312 cm³/mol. The summed E-state index contributed by atoms with van der Waals surface area (Å²) in [6.07, 6.45) is 23.2. The second-order valence-electron chi connectivity index (χ2n) is 22.3. The highest BCUT2D eigenvalue weighted by atomic mass is 31.2. The van der Waals surface area contributed by atoms with Crippen LogP contribution in [-0.4, -0.2) is 81.2 Å². The van der Waals surface area contributed by atoms with Crippen molar-refractivity contribution in [1.82, 2.24) is 19.9 Å². The number of H-pyrrole nitrogens is 2. The van der Waals surface area contributed by atoms with E-state index < -0.39 is 32.5 Å². The summed E-state index contributed by atoms with van der Waals surface area (Å²) in [5.41, 5.74) is 13.3. The van der Waals surface area contributed by atoms with Crippen molar-refractivity contribution >= 4 is 58.9 Å². The number of carbonyl (C=O) groups is 3. The number of allylic oxidation sites excluding steroid dienone is 3. The first kappa shape index (κ1) is 62.7. The third kappa shape index (κ3) is 17.5. The zero-order valence-electron chi connectivity index (χ0n) is 49.0. The lowest BCUT2D eigenvalue weighted by Crippen LogP contribution is -2.29. The normalized spacial score (nSPS) is 17.2. The average Bonchev–Trinajstić information content (AvgIpc) is 4.30. The number of aromatic nitrogens is 4. The number of carbonyl (C=O) groups excluding carboxylic acids is 3.